The summed E-state index contributed by atoms with van der Waals surface area (Å²) >= 11 is 0. The number of nitrogens with zero attached hydrogens (tertiary/aromatic N) is 4. The molecule has 18 heavy (non-hydrogen) atoms. The Morgan fingerprint density at radius 3 is 2.94 bits per heavy atom. The third-order valence-corrected chi connectivity index (χ3v) is 2.47. The maximum atomic E-state index is 10.6. The second kappa shape index (κ2) is 5.26. The van der Waals surface area contributed by atoms with E-state index in [-0.39, 0.29) is 5.69 Å². The van der Waals surface area contributed by atoms with Gasteiger partial charge in [0, 0.05) is 6.54 Å². The molecule has 0 amide bonds. The topological polar surface area (TPSA) is 92.9 Å². The number of carboxylic acid groups (broad SMARTS) is 1. The molecule has 0 spiro atoms. The smallest absolute Gasteiger partial charge is 0.354 e. The Labute approximate surface area is 104 Å². The zero-order chi connectivity index (χ0) is 13.0. The molecule has 0 aliphatic carbocycles. The number of rotatable bonds is 5. The molecule has 7 heteroatoms. The molecule has 2 heterocycles. The van der Waals surface area contributed by atoms with Crippen LogP contribution in [0.3, 0.4) is 0 Å². The van der Waals surface area contributed by atoms with Crippen LogP contribution in [0, 0.1) is 0 Å². The molecule has 7 nitrogen and oxygen atoms in total. The quantitative estimate of drug-likeness (QED) is 0.818. The molecule has 0 atom stereocenters. The van der Waals surface area contributed by atoms with Gasteiger partial charge in [-0.3, -0.25) is 0 Å². The first-order valence-corrected chi connectivity index (χ1v) is 5.50. The van der Waals surface area contributed by atoms with Gasteiger partial charge in [-0.15, -0.1) is 10.2 Å². The summed E-state index contributed by atoms with van der Waals surface area (Å²) in [6, 6.07) is 3.12. The van der Waals surface area contributed by atoms with Gasteiger partial charge in [-0.25, -0.2) is 9.78 Å². The zero-order valence-corrected chi connectivity index (χ0v) is 9.87. The SMILES string of the molecule is CCn1cnnc1CNc1ccc(C(=O)O)nc1. The minimum absolute atomic E-state index is 0.0253. The lowest BCUT2D eigenvalue weighted by Crippen LogP contribution is -2.08. The first-order valence-electron chi connectivity index (χ1n) is 5.50. The van der Waals surface area contributed by atoms with Gasteiger partial charge < -0.3 is 15.0 Å². The van der Waals surface area contributed by atoms with Crippen LogP contribution in [0.5, 0.6) is 0 Å². The van der Waals surface area contributed by atoms with Crippen LogP contribution < -0.4 is 5.32 Å². The number of anilines is 1. The number of pyridine rings is 1. The zero-order valence-electron chi connectivity index (χ0n) is 9.87. The molecule has 2 N–H and O–H groups in total. The molecule has 2 aromatic rings. The summed E-state index contributed by atoms with van der Waals surface area (Å²) in [6.07, 6.45) is 3.15. The molecule has 0 saturated carbocycles. The van der Waals surface area contributed by atoms with Crippen molar-refractivity contribution in [3.05, 3.63) is 36.2 Å². The van der Waals surface area contributed by atoms with E-state index in [0.717, 1.165) is 18.1 Å². The number of aromatic carboxylic acids is 1. The van der Waals surface area contributed by atoms with Gasteiger partial charge in [0.25, 0.3) is 0 Å². The number of hydrogen-bond acceptors (Lipinski definition) is 5. The molecule has 2 aromatic heterocycles. The van der Waals surface area contributed by atoms with E-state index in [0.29, 0.717) is 6.54 Å². The molecule has 0 unspecified atom stereocenters. The lowest BCUT2D eigenvalue weighted by atomic mass is 10.3. The van der Waals surface area contributed by atoms with Crippen LogP contribution in [0.25, 0.3) is 0 Å². The van der Waals surface area contributed by atoms with Crippen LogP contribution in [0.2, 0.25) is 0 Å². The fraction of sp³-hybridized carbons (Fsp3) is 0.273. The van der Waals surface area contributed by atoms with Gasteiger partial charge in [0.2, 0.25) is 0 Å². The van der Waals surface area contributed by atoms with Gasteiger partial charge in [0.05, 0.1) is 18.4 Å². The van der Waals surface area contributed by atoms with Crippen molar-refractivity contribution in [3.8, 4) is 0 Å². The highest BCUT2D eigenvalue weighted by Crippen LogP contribution is 2.07. The molecule has 0 fully saturated rings. The lowest BCUT2D eigenvalue weighted by molar-refractivity contribution is 0.0690. The van der Waals surface area contributed by atoms with Gasteiger partial charge in [-0.2, -0.15) is 0 Å². The molecule has 0 radical (unpaired) electrons. The van der Waals surface area contributed by atoms with Gasteiger partial charge in [0.15, 0.2) is 5.82 Å². The highest BCUT2D eigenvalue weighted by Gasteiger charge is 2.05. The van der Waals surface area contributed by atoms with E-state index < -0.39 is 5.97 Å². The second-order valence-corrected chi connectivity index (χ2v) is 3.62. The van der Waals surface area contributed by atoms with Gasteiger partial charge in [-0.1, -0.05) is 0 Å². The van der Waals surface area contributed by atoms with E-state index in [1.165, 1.54) is 12.3 Å². The summed E-state index contributed by atoms with van der Waals surface area (Å²) in [4.78, 5) is 14.5. The monoisotopic (exact) mass is 247 g/mol. The number of aromatic nitrogens is 4. The van der Waals surface area contributed by atoms with Crippen molar-refractivity contribution in [2.75, 3.05) is 5.32 Å². The molecule has 0 aromatic carbocycles. The summed E-state index contributed by atoms with van der Waals surface area (Å²) in [6.45, 7) is 3.33. The van der Waals surface area contributed by atoms with Crippen LogP contribution in [0.1, 0.15) is 23.2 Å². The predicted octanol–water partition coefficient (Wildman–Crippen LogP) is 1.00. The predicted molar refractivity (Wildman–Crippen MR) is 64.2 cm³/mol. The molecular formula is C11H13N5O2. The molecule has 2 rings (SSSR count). The Bertz CT molecular complexity index is 535. The number of carbonyl (C=O) groups is 1. The van der Waals surface area contributed by atoms with Crippen molar-refractivity contribution < 1.29 is 9.90 Å². The van der Waals surface area contributed by atoms with Crippen molar-refractivity contribution in [2.45, 2.75) is 20.0 Å². The van der Waals surface area contributed by atoms with Crippen molar-refractivity contribution in [2.24, 2.45) is 0 Å². The average Bonchev–Trinajstić information content (AvgIpc) is 2.84. The normalized spacial score (nSPS) is 10.3. The van der Waals surface area contributed by atoms with Crippen molar-refractivity contribution >= 4 is 11.7 Å². The van der Waals surface area contributed by atoms with Gasteiger partial charge >= 0.3 is 5.97 Å². The highest BCUT2D eigenvalue weighted by molar-refractivity contribution is 5.85. The van der Waals surface area contributed by atoms with Crippen LogP contribution >= 0.6 is 0 Å². The van der Waals surface area contributed by atoms with Gasteiger partial charge in [-0.05, 0) is 19.1 Å². The second-order valence-electron chi connectivity index (χ2n) is 3.62. The molecule has 0 bridgehead atoms. The maximum absolute atomic E-state index is 10.6. The third-order valence-electron chi connectivity index (χ3n) is 2.47. The lowest BCUT2D eigenvalue weighted by Gasteiger charge is -2.06. The highest BCUT2D eigenvalue weighted by atomic mass is 16.4. The molecule has 0 aliphatic rings. The van der Waals surface area contributed by atoms with E-state index >= 15 is 0 Å². The fourth-order valence-corrected chi connectivity index (χ4v) is 1.49. The van der Waals surface area contributed by atoms with E-state index in [4.69, 9.17) is 5.11 Å². The van der Waals surface area contributed by atoms with E-state index in [9.17, 15) is 4.79 Å². The molecular weight excluding hydrogens is 234 g/mol. The molecule has 0 aliphatic heterocycles. The number of nitrogens with one attached hydrogen (secondary N) is 1. The molecule has 0 saturated heterocycles. The van der Waals surface area contributed by atoms with Crippen LogP contribution in [-0.2, 0) is 13.1 Å². The van der Waals surface area contributed by atoms with Gasteiger partial charge in [0.1, 0.15) is 12.0 Å². The Morgan fingerprint density at radius 2 is 2.33 bits per heavy atom. The van der Waals surface area contributed by atoms with Crippen LogP contribution in [0.4, 0.5) is 5.69 Å². The van der Waals surface area contributed by atoms with E-state index in [2.05, 4.69) is 20.5 Å². The maximum Gasteiger partial charge on any atom is 0.354 e. The number of aryl methyl sites for hydroxylation is 1. The molecule has 94 valence electrons. The summed E-state index contributed by atoms with van der Waals surface area (Å²) in [5, 5.41) is 19.6. The standard InChI is InChI=1S/C11H13N5O2/c1-2-16-7-14-15-10(16)6-12-8-3-4-9(11(17)18)13-5-8/h3-5,7,12H,2,6H2,1H3,(H,17,18). The largest absolute Gasteiger partial charge is 0.477 e. The fourth-order valence-electron chi connectivity index (χ4n) is 1.49. The third kappa shape index (κ3) is 2.62. The summed E-state index contributed by atoms with van der Waals surface area (Å²) in [5.41, 5.74) is 0.767. The minimum Gasteiger partial charge on any atom is -0.477 e. The number of carboxylic acids is 1. The van der Waals surface area contributed by atoms with E-state index in [1.807, 2.05) is 11.5 Å². The van der Waals surface area contributed by atoms with Crippen molar-refractivity contribution in [3.63, 3.8) is 0 Å². The number of hydrogen-bond donors (Lipinski definition) is 2. The summed E-state index contributed by atoms with van der Waals surface area (Å²) in [5.74, 6) is -0.216. The first kappa shape index (κ1) is 12.0. The first-order chi connectivity index (χ1) is 8.70. The van der Waals surface area contributed by atoms with E-state index in [1.54, 1.807) is 12.4 Å². The Balaban J connectivity index is 2.00. The Kier molecular flexibility index (Phi) is 3.52. The van der Waals surface area contributed by atoms with Crippen molar-refractivity contribution in [1.29, 1.82) is 0 Å². The van der Waals surface area contributed by atoms with Crippen LogP contribution in [-0.4, -0.2) is 30.8 Å². The minimum atomic E-state index is -1.03. The average molecular weight is 247 g/mol. The summed E-state index contributed by atoms with van der Waals surface area (Å²) < 4.78 is 1.92. The van der Waals surface area contributed by atoms with Crippen molar-refractivity contribution in [1.82, 2.24) is 19.7 Å². The Hall–Kier alpha value is -2.44. The summed E-state index contributed by atoms with van der Waals surface area (Å²) in [7, 11) is 0. The van der Waals surface area contributed by atoms with Crippen LogP contribution in [0.15, 0.2) is 24.7 Å². The Morgan fingerprint density at radius 1 is 1.50 bits per heavy atom.